The molecule has 3 aromatic rings. The Morgan fingerprint density at radius 1 is 1.00 bits per heavy atom. The second-order valence-corrected chi connectivity index (χ2v) is 7.76. The summed E-state index contributed by atoms with van der Waals surface area (Å²) in [7, 11) is 0. The van der Waals surface area contributed by atoms with Gasteiger partial charge in [0.15, 0.2) is 0 Å². The number of amides is 2. The Labute approximate surface area is 203 Å². The van der Waals surface area contributed by atoms with Crippen molar-refractivity contribution in [2.75, 3.05) is 6.61 Å². The highest BCUT2D eigenvalue weighted by Gasteiger charge is 2.16. The fourth-order valence-corrected chi connectivity index (χ4v) is 3.16. The second kappa shape index (κ2) is 12.7. The minimum atomic E-state index is -0.520. The Bertz CT molecular complexity index is 1190. The van der Waals surface area contributed by atoms with Crippen molar-refractivity contribution in [3.05, 3.63) is 111 Å². The van der Waals surface area contributed by atoms with Gasteiger partial charge in [0.25, 0.3) is 17.5 Å². The predicted octanol–water partition coefficient (Wildman–Crippen LogP) is 4.86. The van der Waals surface area contributed by atoms with Gasteiger partial charge in [-0.25, -0.2) is 0 Å². The summed E-state index contributed by atoms with van der Waals surface area (Å²) in [5.41, 5.74) is 1.49. The molecule has 0 fully saturated rings. The fourth-order valence-electron chi connectivity index (χ4n) is 3.16. The summed E-state index contributed by atoms with van der Waals surface area (Å²) in [5, 5.41) is 16.5. The van der Waals surface area contributed by atoms with Crippen molar-refractivity contribution in [1.82, 2.24) is 10.6 Å². The molecule has 3 rings (SSSR count). The number of nitro benzene ring substituents is 1. The molecule has 0 radical (unpaired) electrons. The maximum atomic E-state index is 13.0. The molecular formula is C27H27N3O5. The quantitative estimate of drug-likeness (QED) is 0.179. The van der Waals surface area contributed by atoms with E-state index in [2.05, 4.69) is 17.6 Å². The summed E-state index contributed by atoms with van der Waals surface area (Å²) in [6.07, 6.45) is 3.37. The zero-order valence-electron chi connectivity index (χ0n) is 19.4. The van der Waals surface area contributed by atoms with Crippen molar-refractivity contribution in [2.45, 2.75) is 26.3 Å². The van der Waals surface area contributed by atoms with E-state index in [1.807, 2.05) is 30.3 Å². The molecule has 8 nitrogen and oxygen atoms in total. The molecule has 0 saturated heterocycles. The number of unbranched alkanes of at least 4 members (excludes halogenated alkanes) is 1. The van der Waals surface area contributed by atoms with Gasteiger partial charge in [0.1, 0.15) is 11.4 Å². The number of rotatable bonds is 11. The van der Waals surface area contributed by atoms with Gasteiger partial charge in [0.2, 0.25) is 0 Å². The topological polar surface area (TPSA) is 111 Å². The lowest BCUT2D eigenvalue weighted by Crippen LogP contribution is -2.34. The highest BCUT2D eigenvalue weighted by Crippen LogP contribution is 2.17. The van der Waals surface area contributed by atoms with Crippen LogP contribution in [0.4, 0.5) is 5.69 Å². The van der Waals surface area contributed by atoms with Crippen LogP contribution in [0, 0.1) is 10.1 Å². The van der Waals surface area contributed by atoms with E-state index in [0.29, 0.717) is 23.5 Å². The SMILES string of the molecule is CCCCOc1ccc(C(=O)NC(=Cc2cccc([N+](=O)[O-])c2)C(=O)NCc2ccccc2)cc1. The summed E-state index contributed by atoms with van der Waals surface area (Å²) in [5.74, 6) is -0.354. The summed E-state index contributed by atoms with van der Waals surface area (Å²) in [6.45, 7) is 2.93. The first-order valence-corrected chi connectivity index (χ1v) is 11.3. The molecule has 0 atom stereocenters. The van der Waals surface area contributed by atoms with E-state index in [1.54, 1.807) is 30.3 Å². The molecule has 0 saturated carbocycles. The second-order valence-electron chi connectivity index (χ2n) is 7.76. The van der Waals surface area contributed by atoms with Gasteiger partial charge in [-0.1, -0.05) is 55.8 Å². The highest BCUT2D eigenvalue weighted by molar-refractivity contribution is 6.05. The number of nitro groups is 1. The van der Waals surface area contributed by atoms with Crippen LogP contribution >= 0.6 is 0 Å². The molecule has 0 heterocycles. The third-order valence-corrected chi connectivity index (χ3v) is 5.06. The molecule has 2 amide bonds. The molecule has 0 aliphatic heterocycles. The van der Waals surface area contributed by atoms with Crippen LogP contribution in [0.5, 0.6) is 5.75 Å². The van der Waals surface area contributed by atoms with Crippen LogP contribution in [0.3, 0.4) is 0 Å². The van der Waals surface area contributed by atoms with Crippen LogP contribution < -0.4 is 15.4 Å². The number of nitrogens with zero attached hydrogens (tertiary/aromatic N) is 1. The Morgan fingerprint density at radius 2 is 1.74 bits per heavy atom. The Morgan fingerprint density at radius 3 is 2.43 bits per heavy atom. The molecule has 8 heteroatoms. The minimum Gasteiger partial charge on any atom is -0.494 e. The van der Waals surface area contributed by atoms with Gasteiger partial charge < -0.3 is 15.4 Å². The standard InChI is InChI=1S/C27H27N3O5/c1-2-3-16-35-24-14-12-22(13-15-24)26(31)29-25(18-21-10-7-11-23(17-21)30(33)34)27(32)28-19-20-8-5-4-6-9-20/h4-15,17-18H,2-3,16,19H2,1H3,(H,28,32)(H,29,31). The van der Waals surface area contributed by atoms with Crippen molar-refractivity contribution in [3.8, 4) is 5.75 Å². The van der Waals surface area contributed by atoms with Crippen molar-refractivity contribution in [1.29, 1.82) is 0 Å². The van der Waals surface area contributed by atoms with Crippen LogP contribution in [0.1, 0.15) is 41.3 Å². The van der Waals surface area contributed by atoms with Gasteiger partial charge in [0, 0.05) is 24.2 Å². The summed E-state index contributed by atoms with van der Waals surface area (Å²) < 4.78 is 5.62. The van der Waals surface area contributed by atoms with E-state index >= 15 is 0 Å². The minimum absolute atomic E-state index is 0.0327. The molecule has 2 N–H and O–H groups in total. The fraction of sp³-hybridized carbons (Fsp3) is 0.185. The van der Waals surface area contributed by atoms with E-state index in [1.165, 1.54) is 24.3 Å². The molecule has 0 aliphatic rings. The van der Waals surface area contributed by atoms with Gasteiger partial charge in [-0.3, -0.25) is 19.7 Å². The van der Waals surface area contributed by atoms with Gasteiger partial charge >= 0.3 is 0 Å². The van der Waals surface area contributed by atoms with E-state index in [-0.39, 0.29) is 17.9 Å². The largest absolute Gasteiger partial charge is 0.494 e. The molecule has 180 valence electrons. The summed E-state index contributed by atoms with van der Waals surface area (Å²) >= 11 is 0. The Hall–Kier alpha value is -4.46. The van der Waals surface area contributed by atoms with Gasteiger partial charge in [-0.2, -0.15) is 0 Å². The van der Waals surface area contributed by atoms with Crippen LogP contribution in [0.2, 0.25) is 0 Å². The normalized spacial score (nSPS) is 10.9. The molecule has 0 unspecified atom stereocenters. The third kappa shape index (κ3) is 7.82. The predicted molar refractivity (Wildman–Crippen MR) is 134 cm³/mol. The molecule has 0 aromatic heterocycles. The maximum absolute atomic E-state index is 13.0. The Kier molecular flexibility index (Phi) is 9.13. The summed E-state index contributed by atoms with van der Waals surface area (Å²) in [4.78, 5) is 36.5. The average Bonchev–Trinajstić information content (AvgIpc) is 2.88. The number of ether oxygens (including phenoxy) is 1. The van der Waals surface area contributed by atoms with E-state index < -0.39 is 16.7 Å². The molecule has 3 aromatic carbocycles. The zero-order chi connectivity index (χ0) is 25.0. The van der Waals surface area contributed by atoms with Crippen LogP contribution in [-0.2, 0) is 11.3 Å². The van der Waals surface area contributed by atoms with Gasteiger partial charge in [-0.15, -0.1) is 0 Å². The lowest BCUT2D eigenvalue weighted by molar-refractivity contribution is -0.384. The number of nitrogens with one attached hydrogen (secondary N) is 2. The van der Waals surface area contributed by atoms with E-state index in [4.69, 9.17) is 4.74 Å². The smallest absolute Gasteiger partial charge is 0.270 e. The Balaban J connectivity index is 1.79. The lowest BCUT2D eigenvalue weighted by Gasteiger charge is -2.12. The van der Waals surface area contributed by atoms with Crippen LogP contribution in [0.25, 0.3) is 6.08 Å². The van der Waals surface area contributed by atoms with Crippen molar-refractivity contribution in [2.24, 2.45) is 0 Å². The number of hydrogen-bond donors (Lipinski definition) is 2. The number of non-ortho nitro benzene ring substituents is 1. The number of carbonyl (C=O) groups excluding carboxylic acids is 2. The zero-order valence-corrected chi connectivity index (χ0v) is 19.4. The van der Waals surface area contributed by atoms with Crippen LogP contribution in [-0.4, -0.2) is 23.3 Å². The number of carbonyl (C=O) groups is 2. The monoisotopic (exact) mass is 473 g/mol. The molecular weight excluding hydrogens is 446 g/mol. The maximum Gasteiger partial charge on any atom is 0.270 e. The third-order valence-electron chi connectivity index (χ3n) is 5.06. The van der Waals surface area contributed by atoms with E-state index in [0.717, 1.165) is 18.4 Å². The first-order valence-electron chi connectivity index (χ1n) is 11.3. The lowest BCUT2D eigenvalue weighted by atomic mass is 10.1. The first kappa shape index (κ1) is 25.2. The molecule has 0 aliphatic carbocycles. The highest BCUT2D eigenvalue weighted by atomic mass is 16.6. The van der Waals surface area contributed by atoms with Crippen LogP contribution in [0.15, 0.2) is 84.6 Å². The summed E-state index contributed by atoms with van der Waals surface area (Å²) in [6, 6.07) is 21.8. The van der Waals surface area contributed by atoms with Crippen molar-refractivity contribution in [3.63, 3.8) is 0 Å². The average molecular weight is 474 g/mol. The van der Waals surface area contributed by atoms with Gasteiger partial charge in [-0.05, 0) is 47.9 Å². The number of benzene rings is 3. The molecule has 0 bridgehead atoms. The molecule has 35 heavy (non-hydrogen) atoms. The molecule has 0 spiro atoms. The number of hydrogen-bond acceptors (Lipinski definition) is 5. The van der Waals surface area contributed by atoms with E-state index in [9.17, 15) is 19.7 Å². The first-order chi connectivity index (χ1) is 17.0. The van der Waals surface area contributed by atoms with Crippen molar-refractivity contribution < 1.29 is 19.2 Å². The van der Waals surface area contributed by atoms with Gasteiger partial charge in [0.05, 0.1) is 11.5 Å². The van der Waals surface area contributed by atoms with Crippen molar-refractivity contribution >= 4 is 23.6 Å².